The third-order valence-electron chi connectivity index (χ3n) is 2.40. The lowest BCUT2D eigenvalue weighted by atomic mass is 10.0. The van der Waals surface area contributed by atoms with Crippen LogP contribution in [0.1, 0.15) is 10.4 Å². The number of aromatic nitrogens is 1. The van der Waals surface area contributed by atoms with Gasteiger partial charge in [0.1, 0.15) is 6.29 Å². The van der Waals surface area contributed by atoms with E-state index in [0.717, 1.165) is 17.4 Å². The topological polar surface area (TPSA) is 39.2 Å². The zero-order valence-corrected chi connectivity index (χ0v) is 9.94. The molecule has 2 aromatic rings. The molecule has 0 saturated carbocycles. The Hall–Kier alpha value is -1.87. The second kappa shape index (κ2) is 4.97. The molecular formula is C13H10ClNO2. The van der Waals surface area contributed by atoms with Crippen molar-refractivity contribution < 1.29 is 9.53 Å². The summed E-state index contributed by atoms with van der Waals surface area (Å²) in [6.45, 7) is 0. The average molecular weight is 248 g/mol. The van der Waals surface area contributed by atoms with Gasteiger partial charge in [0.05, 0.1) is 7.11 Å². The summed E-state index contributed by atoms with van der Waals surface area (Å²) in [6.07, 6.45) is 2.41. The SMILES string of the molecule is COc1c(-c2cccc(C=O)c2)ccnc1Cl. The Labute approximate surface area is 104 Å². The molecule has 0 fully saturated rings. The number of hydrogen-bond donors (Lipinski definition) is 0. The lowest BCUT2D eigenvalue weighted by Crippen LogP contribution is -1.91. The predicted octanol–water partition coefficient (Wildman–Crippen LogP) is 3.22. The minimum Gasteiger partial charge on any atom is -0.493 e. The number of aldehydes is 1. The lowest BCUT2D eigenvalue weighted by Gasteiger charge is -2.09. The van der Waals surface area contributed by atoms with Crippen LogP contribution < -0.4 is 4.74 Å². The van der Waals surface area contributed by atoms with Crippen LogP contribution in [0.3, 0.4) is 0 Å². The van der Waals surface area contributed by atoms with Gasteiger partial charge in [0.2, 0.25) is 0 Å². The minimum atomic E-state index is 0.307. The summed E-state index contributed by atoms with van der Waals surface area (Å²) in [5, 5.41) is 0.307. The maximum atomic E-state index is 10.7. The van der Waals surface area contributed by atoms with E-state index in [2.05, 4.69) is 4.98 Å². The second-order valence-electron chi connectivity index (χ2n) is 3.43. The number of ether oxygens (including phenoxy) is 1. The Morgan fingerprint density at radius 2 is 2.18 bits per heavy atom. The molecule has 1 heterocycles. The fraction of sp³-hybridized carbons (Fsp3) is 0.0769. The summed E-state index contributed by atoms with van der Waals surface area (Å²) in [6, 6.07) is 9.02. The zero-order valence-electron chi connectivity index (χ0n) is 9.18. The molecule has 0 aliphatic heterocycles. The predicted molar refractivity (Wildman–Crippen MR) is 66.6 cm³/mol. The van der Waals surface area contributed by atoms with Crippen LogP contribution >= 0.6 is 11.6 Å². The monoisotopic (exact) mass is 247 g/mol. The van der Waals surface area contributed by atoms with Gasteiger partial charge in [-0.05, 0) is 17.7 Å². The van der Waals surface area contributed by atoms with Crippen LogP contribution in [0, 0.1) is 0 Å². The molecule has 0 aliphatic carbocycles. The van der Waals surface area contributed by atoms with Gasteiger partial charge in [0.15, 0.2) is 10.9 Å². The maximum absolute atomic E-state index is 10.7. The standard InChI is InChI=1S/C13H10ClNO2/c1-17-12-11(5-6-15-13(12)14)10-4-2-3-9(7-10)8-16/h2-8H,1H3. The van der Waals surface area contributed by atoms with Crippen molar-refractivity contribution in [3.8, 4) is 16.9 Å². The summed E-state index contributed by atoms with van der Waals surface area (Å²) in [5.41, 5.74) is 2.30. The Kier molecular flexibility index (Phi) is 3.40. The molecule has 17 heavy (non-hydrogen) atoms. The van der Waals surface area contributed by atoms with Gasteiger partial charge in [-0.1, -0.05) is 29.8 Å². The van der Waals surface area contributed by atoms with E-state index in [1.165, 1.54) is 7.11 Å². The molecule has 1 aromatic carbocycles. The summed E-state index contributed by atoms with van der Waals surface area (Å²) in [5.74, 6) is 0.511. The van der Waals surface area contributed by atoms with Crippen LogP contribution in [0.25, 0.3) is 11.1 Å². The van der Waals surface area contributed by atoms with Crippen LogP contribution in [0.5, 0.6) is 5.75 Å². The van der Waals surface area contributed by atoms with Crippen molar-refractivity contribution in [1.29, 1.82) is 0 Å². The number of benzene rings is 1. The lowest BCUT2D eigenvalue weighted by molar-refractivity contribution is 0.112. The van der Waals surface area contributed by atoms with Crippen molar-refractivity contribution in [1.82, 2.24) is 4.98 Å². The third kappa shape index (κ3) is 2.29. The van der Waals surface area contributed by atoms with Gasteiger partial charge >= 0.3 is 0 Å². The van der Waals surface area contributed by atoms with Crippen molar-refractivity contribution in [3.63, 3.8) is 0 Å². The molecule has 0 spiro atoms. The molecule has 0 saturated heterocycles. The average Bonchev–Trinajstić information content (AvgIpc) is 2.38. The molecular weight excluding hydrogens is 238 g/mol. The minimum absolute atomic E-state index is 0.307. The van der Waals surface area contributed by atoms with Crippen LogP contribution in [0.15, 0.2) is 36.5 Å². The molecule has 0 radical (unpaired) electrons. The maximum Gasteiger partial charge on any atom is 0.171 e. The van der Waals surface area contributed by atoms with E-state index < -0.39 is 0 Å². The van der Waals surface area contributed by atoms with E-state index in [1.54, 1.807) is 24.4 Å². The molecule has 4 heteroatoms. The van der Waals surface area contributed by atoms with Crippen molar-refractivity contribution in [2.75, 3.05) is 7.11 Å². The van der Waals surface area contributed by atoms with E-state index in [0.29, 0.717) is 16.5 Å². The molecule has 86 valence electrons. The molecule has 0 bridgehead atoms. The van der Waals surface area contributed by atoms with Crippen LogP contribution in [0.2, 0.25) is 5.15 Å². The molecule has 0 aliphatic rings. The summed E-state index contributed by atoms with van der Waals surface area (Å²) in [4.78, 5) is 14.7. The Morgan fingerprint density at radius 1 is 1.35 bits per heavy atom. The molecule has 0 atom stereocenters. The van der Waals surface area contributed by atoms with E-state index in [9.17, 15) is 4.79 Å². The summed E-state index contributed by atoms with van der Waals surface area (Å²) >= 11 is 5.95. The molecule has 0 unspecified atom stereocenters. The number of halogens is 1. The van der Waals surface area contributed by atoms with Crippen LogP contribution in [-0.2, 0) is 0 Å². The quantitative estimate of drug-likeness (QED) is 0.618. The summed E-state index contributed by atoms with van der Waals surface area (Å²) < 4.78 is 5.22. The Morgan fingerprint density at radius 3 is 2.88 bits per heavy atom. The number of carbonyl (C=O) groups excluding carboxylic acids is 1. The number of rotatable bonds is 3. The van der Waals surface area contributed by atoms with E-state index in [1.807, 2.05) is 12.1 Å². The second-order valence-corrected chi connectivity index (χ2v) is 3.78. The van der Waals surface area contributed by atoms with Gasteiger partial charge in [-0.15, -0.1) is 0 Å². The van der Waals surface area contributed by atoms with Gasteiger partial charge in [-0.2, -0.15) is 0 Å². The Bertz CT molecular complexity index is 555. The zero-order chi connectivity index (χ0) is 12.3. The normalized spacial score (nSPS) is 10.0. The first-order chi connectivity index (χ1) is 8.26. The first kappa shape index (κ1) is 11.6. The fourth-order valence-electron chi connectivity index (χ4n) is 1.62. The van der Waals surface area contributed by atoms with Gasteiger partial charge < -0.3 is 4.74 Å². The van der Waals surface area contributed by atoms with Gasteiger partial charge in [0.25, 0.3) is 0 Å². The largest absolute Gasteiger partial charge is 0.493 e. The highest BCUT2D eigenvalue weighted by Crippen LogP contribution is 2.34. The first-order valence-corrected chi connectivity index (χ1v) is 5.38. The number of nitrogens with zero attached hydrogens (tertiary/aromatic N) is 1. The third-order valence-corrected chi connectivity index (χ3v) is 2.67. The molecule has 2 rings (SSSR count). The van der Waals surface area contributed by atoms with Gasteiger partial charge in [0, 0.05) is 17.3 Å². The van der Waals surface area contributed by atoms with E-state index in [4.69, 9.17) is 16.3 Å². The van der Waals surface area contributed by atoms with Gasteiger partial charge in [-0.25, -0.2) is 4.98 Å². The van der Waals surface area contributed by atoms with Crippen molar-refractivity contribution in [2.24, 2.45) is 0 Å². The molecule has 3 nitrogen and oxygen atoms in total. The summed E-state index contributed by atoms with van der Waals surface area (Å²) in [7, 11) is 1.54. The highest BCUT2D eigenvalue weighted by Gasteiger charge is 2.10. The highest BCUT2D eigenvalue weighted by molar-refractivity contribution is 6.31. The van der Waals surface area contributed by atoms with Gasteiger partial charge in [-0.3, -0.25) is 4.79 Å². The molecule has 1 aromatic heterocycles. The highest BCUT2D eigenvalue weighted by atomic mass is 35.5. The van der Waals surface area contributed by atoms with Crippen molar-refractivity contribution in [2.45, 2.75) is 0 Å². The molecule has 0 N–H and O–H groups in total. The first-order valence-electron chi connectivity index (χ1n) is 5.00. The van der Waals surface area contributed by atoms with Crippen LogP contribution in [-0.4, -0.2) is 18.4 Å². The smallest absolute Gasteiger partial charge is 0.171 e. The van der Waals surface area contributed by atoms with Crippen LogP contribution in [0.4, 0.5) is 0 Å². The fourth-order valence-corrected chi connectivity index (χ4v) is 1.86. The Balaban J connectivity index is 2.59. The number of hydrogen-bond acceptors (Lipinski definition) is 3. The van der Waals surface area contributed by atoms with Crippen molar-refractivity contribution >= 4 is 17.9 Å². The van der Waals surface area contributed by atoms with E-state index in [-0.39, 0.29) is 0 Å². The molecule has 0 amide bonds. The number of carbonyl (C=O) groups is 1. The number of pyridine rings is 1. The van der Waals surface area contributed by atoms with E-state index >= 15 is 0 Å². The van der Waals surface area contributed by atoms with Crippen molar-refractivity contribution in [3.05, 3.63) is 47.2 Å². The number of methoxy groups -OCH3 is 1.